The van der Waals surface area contributed by atoms with Crippen molar-refractivity contribution in [1.29, 1.82) is 0 Å². The average Bonchev–Trinajstić information content (AvgIpc) is 3.03. The summed E-state index contributed by atoms with van der Waals surface area (Å²) in [5, 5.41) is 4.98. The maximum absolute atomic E-state index is 13.2. The van der Waals surface area contributed by atoms with Crippen LogP contribution in [0.4, 0.5) is 17.6 Å². The summed E-state index contributed by atoms with van der Waals surface area (Å²) >= 11 is 0. The monoisotopic (exact) mass is 414 g/mol. The molecule has 0 N–H and O–H groups in total. The predicted octanol–water partition coefficient (Wildman–Crippen LogP) is 3.72. The highest BCUT2D eigenvalue weighted by molar-refractivity contribution is 5.91. The highest BCUT2D eigenvalue weighted by atomic mass is 19.4. The van der Waals surface area contributed by atoms with Crippen molar-refractivity contribution < 1.29 is 22.4 Å². The maximum atomic E-state index is 13.2. The zero-order valence-electron chi connectivity index (χ0n) is 15.4. The van der Waals surface area contributed by atoms with Crippen molar-refractivity contribution in [2.24, 2.45) is 0 Å². The number of benzene rings is 1. The Hall–Kier alpha value is -3.67. The Morgan fingerprint density at radius 1 is 1.13 bits per heavy atom. The topological polar surface area (TPSA) is 51.0 Å². The number of amides is 1. The van der Waals surface area contributed by atoms with Crippen LogP contribution in [0.2, 0.25) is 0 Å². The lowest BCUT2D eigenvalue weighted by Crippen LogP contribution is -2.51. The normalized spacial score (nSPS) is 14.2. The number of likely N-dealkylation sites (tertiary alicyclic amines) is 1. The second-order valence-corrected chi connectivity index (χ2v) is 6.73. The van der Waals surface area contributed by atoms with Crippen molar-refractivity contribution in [2.75, 3.05) is 13.1 Å². The molecule has 0 saturated carbocycles. The number of aromatic nitrogens is 3. The number of fused-ring (bicyclic) bond motifs is 1. The van der Waals surface area contributed by atoms with Gasteiger partial charge in [0.25, 0.3) is 5.91 Å². The van der Waals surface area contributed by atoms with E-state index in [0.29, 0.717) is 11.0 Å². The number of carbonyl (C=O) groups is 1. The van der Waals surface area contributed by atoms with Crippen LogP contribution in [0.1, 0.15) is 22.9 Å². The van der Waals surface area contributed by atoms with E-state index in [0.717, 1.165) is 6.07 Å². The average molecular weight is 414 g/mol. The lowest BCUT2D eigenvalue weighted by molar-refractivity contribution is -0.137. The Kier molecular flexibility index (Phi) is 4.78. The molecule has 3 heterocycles. The summed E-state index contributed by atoms with van der Waals surface area (Å²) in [6, 6.07) is 8.20. The minimum absolute atomic E-state index is 0.154. The third-order valence-corrected chi connectivity index (χ3v) is 4.74. The highest BCUT2D eigenvalue weighted by Gasteiger charge is 2.35. The van der Waals surface area contributed by atoms with Gasteiger partial charge < -0.3 is 4.90 Å². The molecule has 0 atom stereocenters. The molecule has 0 unspecified atom stereocenters. The number of alkyl halides is 3. The molecule has 5 nitrogen and oxygen atoms in total. The highest BCUT2D eigenvalue weighted by Crippen LogP contribution is 2.32. The van der Waals surface area contributed by atoms with Crippen molar-refractivity contribution in [2.45, 2.75) is 12.2 Å². The van der Waals surface area contributed by atoms with Gasteiger partial charge in [-0.05, 0) is 30.2 Å². The van der Waals surface area contributed by atoms with Crippen LogP contribution >= 0.6 is 0 Å². The van der Waals surface area contributed by atoms with E-state index in [9.17, 15) is 22.4 Å². The lowest BCUT2D eigenvalue weighted by Gasteiger charge is -2.38. The summed E-state index contributed by atoms with van der Waals surface area (Å²) in [4.78, 5) is 17.2. The fourth-order valence-electron chi connectivity index (χ4n) is 3.23. The van der Waals surface area contributed by atoms with Crippen LogP contribution in [-0.4, -0.2) is 38.7 Å². The lowest BCUT2D eigenvalue weighted by atomic mass is 10.1. The van der Waals surface area contributed by atoms with E-state index in [2.05, 4.69) is 28.5 Å². The fourth-order valence-corrected chi connectivity index (χ4v) is 3.23. The molecule has 0 aliphatic carbocycles. The summed E-state index contributed by atoms with van der Waals surface area (Å²) in [6.07, 6.45) is -2.96. The number of rotatable bonds is 2. The summed E-state index contributed by atoms with van der Waals surface area (Å²) in [6.45, 7) is 3.44. The number of hydrogen-bond acceptors (Lipinski definition) is 3. The summed E-state index contributed by atoms with van der Waals surface area (Å²) < 4.78 is 54.1. The quantitative estimate of drug-likeness (QED) is 0.365. The van der Waals surface area contributed by atoms with Crippen molar-refractivity contribution in [3.05, 3.63) is 71.8 Å². The van der Waals surface area contributed by atoms with Gasteiger partial charge in [-0.1, -0.05) is 24.6 Å². The second-order valence-electron chi connectivity index (χ2n) is 6.73. The Balaban J connectivity index is 1.68. The van der Waals surface area contributed by atoms with Crippen LogP contribution in [0.15, 0.2) is 55.0 Å². The van der Waals surface area contributed by atoms with E-state index in [1.54, 1.807) is 23.0 Å². The van der Waals surface area contributed by atoms with E-state index in [1.807, 2.05) is 0 Å². The molecule has 9 heteroatoms. The molecule has 1 aromatic carbocycles. The van der Waals surface area contributed by atoms with Gasteiger partial charge >= 0.3 is 6.18 Å². The molecular formula is C21H14F4N4O. The molecule has 1 fully saturated rings. The van der Waals surface area contributed by atoms with Crippen molar-refractivity contribution in [1.82, 2.24) is 19.7 Å². The first-order valence-electron chi connectivity index (χ1n) is 8.91. The number of nitrogens with zero attached hydrogens (tertiary/aromatic N) is 4. The predicted molar refractivity (Wildman–Crippen MR) is 101 cm³/mol. The van der Waals surface area contributed by atoms with Crippen molar-refractivity contribution in [3.8, 4) is 11.8 Å². The maximum Gasteiger partial charge on any atom is 0.417 e. The Bertz CT molecular complexity index is 1210. The first-order chi connectivity index (χ1) is 14.3. The van der Waals surface area contributed by atoms with Crippen LogP contribution < -0.4 is 0 Å². The minimum atomic E-state index is -4.52. The SMILES string of the molecule is C=C(F)C(=O)N1CC(n2nc(C#Cc3ccccc3C(F)(F)F)c3cccnc32)C1. The standard InChI is InChI=1S/C21H14F4N4O/c1-13(22)20(30)28-11-15(12-28)29-19-16(6-4-10-26-19)18(27-29)9-8-14-5-2-3-7-17(14)21(23,24)25/h2-7,10,15H,1,11-12H2. The Labute approximate surface area is 168 Å². The van der Waals surface area contributed by atoms with Gasteiger partial charge in [0.05, 0.1) is 17.0 Å². The number of halogens is 4. The number of hydrogen-bond donors (Lipinski definition) is 0. The summed E-state index contributed by atoms with van der Waals surface area (Å²) in [5.41, 5.74) is -0.214. The van der Waals surface area contributed by atoms with Gasteiger partial charge in [-0.3, -0.25) is 4.79 Å². The Morgan fingerprint density at radius 3 is 2.57 bits per heavy atom. The fraction of sp³-hybridized carbons (Fsp3) is 0.190. The van der Waals surface area contributed by atoms with E-state index in [4.69, 9.17) is 0 Å². The molecule has 0 spiro atoms. The molecule has 30 heavy (non-hydrogen) atoms. The third-order valence-electron chi connectivity index (χ3n) is 4.74. The van der Waals surface area contributed by atoms with Gasteiger partial charge in [0.1, 0.15) is 5.69 Å². The zero-order valence-corrected chi connectivity index (χ0v) is 15.4. The summed E-state index contributed by atoms with van der Waals surface area (Å²) in [5.74, 6) is 3.46. The molecule has 4 rings (SSSR count). The van der Waals surface area contributed by atoms with Crippen molar-refractivity contribution >= 4 is 16.9 Å². The smallest absolute Gasteiger partial charge is 0.332 e. The van der Waals surface area contributed by atoms with Crippen LogP contribution in [0.25, 0.3) is 11.0 Å². The van der Waals surface area contributed by atoms with E-state index < -0.39 is 23.5 Å². The summed E-state index contributed by atoms with van der Waals surface area (Å²) in [7, 11) is 0. The van der Waals surface area contributed by atoms with Gasteiger partial charge in [-0.15, -0.1) is 0 Å². The molecule has 1 amide bonds. The van der Waals surface area contributed by atoms with Gasteiger partial charge in [0, 0.05) is 24.8 Å². The largest absolute Gasteiger partial charge is 0.417 e. The molecule has 1 saturated heterocycles. The van der Waals surface area contributed by atoms with Crippen LogP contribution in [0, 0.1) is 11.8 Å². The molecule has 0 radical (unpaired) electrons. The van der Waals surface area contributed by atoms with Crippen LogP contribution in [0.5, 0.6) is 0 Å². The molecule has 3 aromatic rings. The van der Waals surface area contributed by atoms with Gasteiger partial charge in [-0.25, -0.2) is 14.1 Å². The number of carbonyl (C=O) groups excluding carboxylic acids is 1. The molecule has 152 valence electrons. The zero-order chi connectivity index (χ0) is 21.5. The van der Waals surface area contributed by atoms with Crippen LogP contribution in [0.3, 0.4) is 0 Å². The second kappa shape index (κ2) is 7.30. The molecule has 2 aromatic heterocycles. The molecule has 0 bridgehead atoms. The van der Waals surface area contributed by atoms with Gasteiger partial charge in [0.2, 0.25) is 0 Å². The molecule has 1 aliphatic rings. The molecule has 1 aliphatic heterocycles. The van der Waals surface area contributed by atoms with E-state index in [1.165, 1.54) is 23.1 Å². The Morgan fingerprint density at radius 2 is 1.87 bits per heavy atom. The van der Waals surface area contributed by atoms with E-state index >= 15 is 0 Å². The number of pyridine rings is 1. The van der Waals surface area contributed by atoms with Crippen molar-refractivity contribution in [3.63, 3.8) is 0 Å². The first-order valence-corrected chi connectivity index (χ1v) is 8.91. The van der Waals surface area contributed by atoms with Gasteiger partial charge in [-0.2, -0.15) is 18.3 Å². The van der Waals surface area contributed by atoms with E-state index in [-0.39, 0.29) is 30.4 Å². The first kappa shape index (κ1) is 19.6. The molecular weight excluding hydrogens is 400 g/mol. The third kappa shape index (κ3) is 3.52. The minimum Gasteiger partial charge on any atom is -0.332 e. The van der Waals surface area contributed by atoms with Gasteiger partial charge in [0.15, 0.2) is 11.5 Å². The van der Waals surface area contributed by atoms with Crippen LogP contribution in [-0.2, 0) is 11.0 Å².